The van der Waals surface area contributed by atoms with Gasteiger partial charge >= 0.3 is 0 Å². The molecule has 0 aliphatic heterocycles. The van der Waals surface area contributed by atoms with Gasteiger partial charge in [0.05, 0.1) is 0 Å². The lowest BCUT2D eigenvalue weighted by Crippen LogP contribution is -2.00. The van der Waals surface area contributed by atoms with Gasteiger partial charge in [-0.1, -0.05) is 133 Å². The van der Waals surface area contributed by atoms with Crippen molar-refractivity contribution in [2.24, 2.45) is 0 Å². The van der Waals surface area contributed by atoms with Crippen LogP contribution in [-0.2, 0) is 0 Å². The van der Waals surface area contributed by atoms with Crippen LogP contribution in [0.1, 0.15) is 0 Å². The molecule has 14 aromatic rings. The molecule has 0 aliphatic carbocycles. The highest BCUT2D eigenvalue weighted by Gasteiger charge is 2.21. The van der Waals surface area contributed by atoms with Crippen LogP contribution in [0, 0.1) is 0 Å². The van der Waals surface area contributed by atoms with Crippen molar-refractivity contribution < 1.29 is 17.7 Å². The number of rotatable bonds is 5. The average molecular weight is 822 g/mol. The minimum Gasteiger partial charge on any atom is -0.456 e. The third-order valence-corrected chi connectivity index (χ3v) is 12.6. The summed E-state index contributed by atoms with van der Waals surface area (Å²) in [5, 5.41) is 8.31. The fraction of sp³-hybridized carbons (Fsp3) is 0. The maximum atomic E-state index is 6.78. The van der Waals surface area contributed by atoms with Crippen molar-refractivity contribution in [3.63, 3.8) is 0 Å². The van der Waals surface area contributed by atoms with Gasteiger partial charge in [0, 0.05) is 70.9 Å². The molecule has 0 N–H and O–H groups in total. The summed E-state index contributed by atoms with van der Waals surface area (Å²) < 4.78 is 26.0. The lowest BCUT2D eigenvalue weighted by atomic mass is 9.98. The van der Waals surface area contributed by atoms with Crippen molar-refractivity contribution in [3.05, 3.63) is 188 Å². The van der Waals surface area contributed by atoms with Crippen LogP contribution in [0.5, 0.6) is 0 Å². The molecule has 0 bridgehead atoms. The fourth-order valence-corrected chi connectivity index (χ4v) is 9.56. The first kappa shape index (κ1) is 34.9. The van der Waals surface area contributed by atoms with Gasteiger partial charge in [0.2, 0.25) is 0 Å². The van der Waals surface area contributed by atoms with Crippen molar-refractivity contribution >= 4 is 87.8 Å². The van der Waals surface area contributed by atoms with Crippen LogP contribution in [0.3, 0.4) is 0 Å². The average Bonchev–Trinajstić information content (AvgIpc) is 4.13. The third kappa shape index (κ3) is 5.25. The van der Waals surface area contributed by atoms with Crippen molar-refractivity contribution in [3.8, 4) is 56.4 Å². The Bertz CT molecular complexity index is 4210. The van der Waals surface area contributed by atoms with Crippen LogP contribution in [0.4, 0.5) is 0 Å². The van der Waals surface area contributed by atoms with Gasteiger partial charge in [0.1, 0.15) is 44.7 Å². The highest BCUT2D eigenvalue weighted by Crippen LogP contribution is 2.43. The van der Waals surface area contributed by atoms with E-state index in [1.54, 1.807) is 0 Å². The Morgan fingerprint density at radius 3 is 1.53 bits per heavy atom. The zero-order valence-electron chi connectivity index (χ0n) is 33.9. The van der Waals surface area contributed by atoms with E-state index in [-0.39, 0.29) is 0 Å². The van der Waals surface area contributed by atoms with Crippen LogP contribution in [-0.4, -0.2) is 15.0 Å². The fourth-order valence-electron chi connectivity index (χ4n) is 9.56. The molecule has 14 rings (SSSR count). The molecule has 64 heavy (non-hydrogen) atoms. The molecule has 9 aromatic carbocycles. The van der Waals surface area contributed by atoms with Gasteiger partial charge in [-0.25, -0.2) is 15.0 Å². The highest BCUT2D eigenvalue weighted by atomic mass is 16.3. The largest absolute Gasteiger partial charge is 0.456 e. The zero-order valence-corrected chi connectivity index (χ0v) is 33.9. The summed E-state index contributed by atoms with van der Waals surface area (Å²) in [5.74, 6) is 1.68. The van der Waals surface area contributed by atoms with Crippen LogP contribution in [0.25, 0.3) is 144 Å². The molecule has 0 saturated heterocycles. The number of nitrogens with zero attached hydrogens (tertiary/aromatic N) is 3. The number of furan rings is 4. The van der Waals surface area contributed by atoms with E-state index in [4.69, 9.17) is 32.6 Å². The Balaban J connectivity index is 0.891. The molecule has 0 amide bonds. The van der Waals surface area contributed by atoms with Gasteiger partial charge in [-0.05, 0) is 65.7 Å². The molecule has 5 heterocycles. The van der Waals surface area contributed by atoms with Crippen molar-refractivity contribution in [1.29, 1.82) is 0 Å². The van der Waals surface area contributed by atoms with Crippen LogP contribution < -0.4 is 0 Å². The predicted octanol–water partition coefficient (Wildman–Crippen LogP) is 15.8. The molecule has 0 aliphatic rings. The molecule has 298 valence electrons. The zero-order chi connectivity index (χ0) is 41.9. The van der Waals surface area contributed by atoms with Gasteiger partial charge in [-0.2, -0.15) is 0 Å². The Hall–Kier alpha value is -8.81. The van der Waals surface area contributed by atoms with E-state index >= 15 is 0 Å². The minimum absolute atomic E-state index is 0.548. The number of benzene rings is 9. The van der Waals surface area contributed by atoms with Crippen LogP contribution in [0.15, 0.2) is 206 Å². The molecule has 0 atom stereocenters. The first-order chi connectivity index (χ1) is 31.7. The topological polar surface area (TPSA) is 91.2 Å². The molecule has 0 radical (unpaired) electrons. The molecule has 7 nitrogen and oxygen atoms in total. The van der Waals surface area contributed by atoms with Gasteiger partial charge in [-0.15, -0.1) is 0 Å². The first-order valence-electron chi connectivity index (χ1n) is 21.2. The van der Waals surface area contributed by atoms with Crippen LogP contribution >= 0.6 is 0 Å². The number of hydrogen-bond donors (Lipinski definition) is 0. The van der Waals surface area contributed by atoms with E-state index in [1.807, 2.05) is 84.9 Å². The van der Waals surface area contributed by atoms with Crippen LogP contribution in [0.2, 0.25) is 0 Å². The molecule has 7 heteroatoms. The first-order valence-corrected chi connectivity index (χ1v) is 21.2. The van der Waals surface area contributed by atoms with E-state index in [2.05, 4.69) is 103 Å². The molecule has 5 aromatic heterocycles. The Labute approximate surface area is 363 Å². The van der Waals surface area contributed by atoms with Gasteiger partial charge in [0.15, 0.2) is 17.5 Å². The van der Waals surface area contributed by atoms with Gasteiger partial charge in [-0.3, -0.25) is 0 Å². The van der Waals surface area contributed by atoms with E-state index in [1.165, 1.54) is 0 Å². The van der Waals surface area contributed by atoms with E-state index in [0.29, 0.717) is 17.5 Å². The van der Waals surface area contributed by atoms with E-state index in [0.717, 1.165) is 127 Å². The second-order valence-electron chi connectivity index (χ2n) is 16.2. The van der Waals surface area contributed by atoms with Gasteiger partial charge in [0.25, 0.3) is 0 Å². The molecular weight excluding hydrogens is 791 g/mol. The smallest absolute Gasteiger partial charge is 0.164 e. The number of aromatic nitrogens is 3. The maximum Gasteiger partial charge on any atom is 0.164 e. The molecule has 0 spiro atoms. The summed E-state index contributed by atoms with van der Waals surface area (Å²) >= 11 is 0. The second kappa shape index (κ2) is 13.3. The highest BCUT2D eigenvalue weighted by molar-refractivity contribution is 6.16. The minimum atomic E-state index is 0.548. The predicted molar refractivity (Wildman–Crippen MR) is 256 cm³/mol. The van der Waals surface area contributed by atoms with Gasteiger partial charge < -0.3 is 17.7 Å². The Morgan fingerprint density at radius 1 is 0.250 bits per heavy atom. The molecule has 0 unspecified atom stereocenters. The summed E-state index contributed by atoms with van der Waals surface area (Å²) in [4.78, 5) is 15.3. The number of para-hydroxylation sites is 4. The van der Waals surface area contributed by atoms with Crippen molar-refractivity contribution in [2.45, 2.75) is 0 Å². The summed E-state index contributed by atoms with van der Waals surface area (Å²) in [6, 6.07) is 63.9. The van der Waals surface area contributed by atoms with Crippen molar-refractivity contribution in [2.75, 3.05) is 0 Å². The Kier molecular flexibility index (Phi) is 7.27. The number of fused-ring (bicyclic) bond motifs is 12. The van der Waals surface area contributed by atoms with E-state index < -0.39 is 0 Å². The standard InChI is InChI=1S/C57H31N3O4/c1-2-11-32(12-3-1)55-58-56(35-24-27-40-38-13-4-6-20-46(38)61-51(40)31-35)60-57(59-55)44-19-10-22-49-52(44)43-18-9-16-37(54(43)64-49)34-23-26-41-45-29-33(25-28-48(45)62-50(41)30-34)36-15-8-17-42-39-14-5-7-21-47(39)63-53(36)42/h1-31H. The molecule has 0 fully saturated rings. The van der Waals surface area contributed by atoms with Crippen molar-refractivity contribution in [1.82, 2.24) is 15.0 Å². The SMILES string of the molecule is c1ccc(-c2nc(-c3ccc4c(c3)oc3ccccc34)nc(-c3cccc4oc5c(-c6ccc7c(c6)oc6ccc(-c8cccc9c8oc8ccccc89)cc67)cccc5c34)n2)cc1. The second-order valence-corrected chi connectivity index (χ2v) is 16.2. The third-order valence-electron chi connectivity index (χ3n) is 12.6. The lowest BCUT2D eigenvalue weighted by molar-refractivity contribution is 0.667. The summed E-state index contributed by atoms with van der Waals surface area (Å²) in [7, 11) is 0. The lowest BCUT2D eigenvalue weighted by Gasteiger charge is -2.09. The Morgan fingerprint density at radius 2 is 0.734 bits per heavy atom. The summed E-state index contributed by atoms with van der Waals surface area (Å²) in [6.07, 6.45) is 0. The number of hydrogen-bond acceptors (Lipinski definition) is 7. The quantitative estimate of drug-likeness (QED) is 0.171. The summed E-state index contributed by atoms with van der Waals surface area (Å²) in [6.45, 7) is 0. The summed E-state index contributed by atoms with van der Waals surface area (Å²) in [5.41, 5.74) is 13.2. The molecular formula is C57H31N3O4. The molecule has 0 saturated carbocycles. The maximum absolute atomic E-state index is 6.78. The normalized spacial score (nSPS) is 12.1. The van der Waals surface area contributed by atoms with E-state index in [9.17, 15) is 0 Å². The monoisotopic (exact) mass is 821 g/mol.